The van der Waals surface area contributed by atoms with Gasteiger partial charge in [-0.3, -0.25) is 0 Å². The van der Waals surface area contributed by atoms with E-state index in [0.717, 1.165) is 76.0 Å². The molecule has 11 rings (SSSR count). The van der Waals surface area contributed by atoms with Gasteiger partial charge in [0.15, 0.2) is 17.5 Å². The molecular weight excluding hydrogens is 655 g/mol. The van der Waals surface area contributed by atoms with Crippen LogP contribution in [0.1, 0.15) is 0 Å². The molecular formula is C47H27N3OS. The second kappa shape index (κ2) is 11.4. The van der Waals surface area contributed by atoms with Gasteiger partial charge >= 0.3 is 0 Å². The Morgan fingerprint density at radius 2 is 1.00 bits per heavy atom. The fraction of sp³-hybridized carbons (Fsp3) is 0. The summed E-state index contributed by atoms with van der Waals surface area (Å²) in [5.41, 5.74) is 6.83. The first-order chi connectivity index (χ1) is 25.8. The zero-order valence-electron chi connectivity index (χ0n) is 27.7. The predicted octanol–water partition coefficient (Wildman–Crippen LogP) is 13.1. The molecule has 0 aliphatic rings. The molecule has 0 N–H and O–H groups in total. The summed E-state index contributed by atoms with van der Waals surface area (Å²) in [6.45, 7) is 0. The SMILES string of the molecule is c1ccc(-c2cc3c(oc4cccc(-c5nc(-c6cccc7ccccc67)nc(-c6cccc7c6sc6ccccc67)n5)c43)c3ccccc23)cc1. The molecule has 0 fully saturated rings. The van der Waals surface area contributed by atoms with Crippen molar-refractivity contribution in [3.63, 3.8) is 0 Å². The van der Waals surface area contributed by atoms with Crippen molar-refractivity contribution in [2.24, 2.45) is 0 Å². The van der Waals surface area contributed by atoms with Crippen molar-refractivity contribution in [3.8, 4) is 45.3 Å². The molecule has 242 valence electrons. The summed E-state index contributed by atoms with van der Waals surface area (Å²) in [5.74, 6) is 1.88. The van der Waals surface area contributed by atoms with Crippen molar-refractivity contribution in [2.45, 2.75) is 0 Å². The van der Waals surface area contributed by atoms with Gasteiger partial charge in [0.1, 0.15) is 11.2 Å². The van der Waals surface area contributed by atoms with E-state index in [1.165, 1.54) is 15.5 Å². The van der Waals surface area contributed by atoms with E-state index in [2.05, 4.69) is 152 Å². The molecule has 4 nitrogen and oxygen atoms in total. The molecule has 3 heterocycles. The van der Waals surface area contributed by atoms with Gasteiger partial charge in [-0.15, -0.1) is 11.3 Å². The zero-order valence-corrected chi connectivity index (χ0v) is 28.6. The zero-order chi connectivity index (χ0) is 34.2. The van der Waals surface area contributed by atoms with Crippen molar-refractivity contribution in [3.05, 3.63) is 164 Å². The molecule has 0 saturated heterocycles. The van der Waals surface area contributed by atoms with Crippen LogP contribution in [0, 0.1) is 0 Å². The summed E-state index contributed by atoms with van der Waals surface area (Å²) >= 11 is 1.78. The normalized spacial score (nSPS) is 11.8. The van der Waals surface area contributed by atoms with Gasteiger partial charge in [0, 0.05) is 53.0 Å². The third-order valence-corrected chi connectivity index (χ3v) is 11.4. The molecule has 0 saturated carbocycles. The molecule has 0 aliphatic carbocycles. The van der Waals surface area contributed by atoms with Crippen LogP contribution < -0.4 is 0 Å². The van der Waals surface area contributed by atoms with Gasteiger partial charge in [-0.05, 0) is 51.6 Å². The number of thiophene rings is 1. The van der Waals surface area contributed by atoms with E-state index in [1.54, 1.807) is 11.3 Å². The summed E-state index contributed by atoms with van der Waals surface area (Å²) in [6, 6.07) is 57.3. The number of hydrogen-bond acceptors (Lipinski definition) is 5. The Morgan fingerprint density at radius 1 is 0.404 bits per heavy atom. The first kappa shape index (κ1) is 29.1. The van der Waals surface area contributed by atoms with E-state index < -0.39 is 0 Å². The average molecular weight is 682 g/mol. The molecule has 0 unspecified atom stereocenters. The highest BCUT2D eigenvalue weighted by atomic mass is 32.1. The van der Waals surface area contributed by atoms with Crippen molar-refractivity contribution < 1.29 is 4.42 Å². The maximum atomic E-state index is 6.73. The van der Waals surface area contributed by atoms with Crippen LogP contribution in [0.4, 0.5) is 0 Å². The second-order valence-electron chi connectivity index (χ2n) is 13.1. The minimum Gasteiger partial charge on any atom is -0.455 e. The van der Waals surface area contributed by atoms with Gasteiger partial charge in [-0.25, -0.2) is 15.0 Å². The molecule has 0 radical (unpaired) electrons. The molecule has 5 heteroatoms. The molecule has 0 bridgehead atoms. The summed E-state index contributed by atoms with van der Waals surface area (Å²) in [7, 11) is 0. The number of rotatable bonds is 4. The number of benzene rings is 8. The molecule has 3 aromatic heterocycles. The lowest BCUT2D eigenvalue weighted by Gasteiger charge is -2.12. The number of aromatic nitrogens is 3. The van der Waals surface area contributed by atoms with Gasteiger partial charge in [0.25, 0.3) is 0 Å². The van der Waals surface area contributed by atoms with Crippen LogP contribution in [-0.4, -0.2) is 15.0 Å². The molecule has 11 aromatic rings. The lowest BCUT2D eigenvalue weighted by atomic mass is 9.94. The fourth-order valence-corrected chi connectivity index (χ4v) is 8.98. The van der Waals surface area contributed by atoms with Crippen LogP contribution in [0.2, 0.25) is 0 Å². The van der Waals surface area contributed by atoms with Crippen molar-refractivity contribution in [2.75, 3.05) is 0 Å². The lowest BCUT2D eigenvalue weighted by molar-refractivity contribution is 0.673. The van der Waals surface area contributed by atoms with E-state index in [9.17, 15) is 0 Å². The molecule has 0 spiro atoms. The lowest BCUT2D eigenvalue weighted by Crippen LogP contribution is -2.01. The van der Waals surface area contributed by atoms with Crippen molar-refractivity contribution in [1.29, 1.82) is 0 Å². The monoisotopic (exact) mass is 681 g/mol. The Hall–Kier alpha value is -6.69. The fourth-order valence-electron chi connectivity index (χ4n) is 7.77. The summed E-state index contributed by atoms with van der Waals surface area (Å²) in [6.07, 6.45) is 0. The molecule has 52 heavy (non-hydrogen) atoms. The number of hydrogen-bond donors (Lipinski definition) is 0. The summed E-state index contributed by atoms with van der Waals surface area (Å²) < 4.78 is 9.13. The van der Waals surface area contributed by atoms with Crippen LogP contribution in [-0.2, 0) is 0 Å². The topological polar surface area (TPSA) is 51.8 Å². The quantitative estimate of drug-likeness (QED) is 0.185. The van der Waals surface area contributed by atoms with E-state index in [0.29, 0.717) is 17.5 Å². The molecule has 0 atom stereocenters. The Bertz CT molecular complexity index is 3190. The Kier molecular flexibility index (Phi) is 6.39. The largest absolute Gasteiger partial charge is 0.455 e. The first-order valence-electron chi connectivity index (χ1n) is 17.4. The first-order valence-corrected chi connectivity index (χ1v) is 18.2. The highest BCUT2D eigenvalue weighted by Crippen LogP contribution is 2.44. The minimum atomic E-state index is 0.605. The van der Waals surface area contributed by atoms with Gasteiger partial charge in [0.05, 0.1) is 0 Å². The van der Waals surface area contributed by atoms with Gasteiger partial charge in [-0.1, -0.05) is 140 Å². The van der Waals surface area contributed by atoms with E-state index in [4.69, 9.17) is 19.4 Å². The van der Waals surface area contributed by atoms with Crippen LogP contribution in [0.3, 0.4) is 0 Å². The molecule has 8 aromatic carbocycles. The molecule has 0 aliphatic heterocycles. The van der Waals surface area contributed by atoms with Gasteiger partial charge in [0.2, 0.25) is 0 Å². The van der Waals surface area contributed by atoms with Crippen molar-refractivity contribution >= 4 is 75.0 Å². The Balaban J connectivity index is 1.23. The van der Waals surface area contributed by atoms with Gasteiger partial charge < -0.3 is 4.42 Å². The van der Waals surface area contributed by atoms with E-state index in [1.807, 2.05) is 12.1 Å². The van der Waals surface area contributed by atoms with Crippen LogP contribution >= 0.6 is 11.3 Å². The third kappa shape index (κ3) is 4.43. The van der Waals surface area contributed by atoms with E-state index in [-0.39, 0.29) is 0 Å². The maximum absolute atomic E-state index is 6.73. The van der Waals surface area contributed by atoms with E-state index >= 15 is 0 Å². The second-order valence-corrected chi connectivity index (χ2v) is 14.2. The maximum Gasteiger partial charge on any atom is 0.165 e. The Morgan fingerprint density at radius 3 is 1.87 bits per heavy atom. The summed E-state index contributed by atoms with van der Waals surface area (Å²) in [5, 5.41) is 8.92. The van der Waals surface area contributed by atoms with Gasteiger partial charge in [-0.2, -0.15) is 0 Å². The number of furan rings is 1. The Labute approximate surface area is 302 Å². The summed E-state index contributed by atoms with van der Waals surface area (Å²) in [4.78, 5) is 15.9. The van der Waals surface area contributed by atoms with Crippen molar-refractivity contribution in [1.82, 2.24) is 15.0 Å². The van der Waals surface area contributed by atoms with Crippen LogP contribution in [0.25, 0.3) is 109 Å². The predicted molar refractivity (Wildman–Crippen MR) is 217 cm³/mol. The third-order valence-electron chi connectivity index (χ3n) is 10.1. The highest BCUT2D eigenvalue weighted by molar-refractivity contribution is 7.26. The van der Waals surface area contributed by atoms with Crippen LogP contribution in [0.5, 0.6) is 0 Å². The standard InChI is InChI=1S/C47H27N3OS/c1-2-13-29(14-3-1)38-27-39-42-36(23-12-25-40(42)51-43(39)33-20-7-6-18-31(33)38)46-48-45(35-22-10-16-28-15-4-5-17-30(28)35)49-47(50-46)37-24-11-21-34-32-19-8-9-26-41(32)52-44(34)37/h1-27H. The highest BCUT2D eigenvalue weighted by Gasteiger charge is 2.22. The minimum absolute atomic E-state index is 0.605. The number of fused-ring (bicyclic) bond motifs is 9. The molecule has 0 amide bonds. The van der Waals surface area contributed by atoms with Crippen LogP contribution in [0.15, 0.2) is 168 Å². The number of nitrogens with zero attached hydrogens (tertiary/aromatic N) is 3. The average Bonchev–Trinajstić information content (AvgIpc) is 3.79. The smallest absolute Gasteiger partial charge is 0.165 e.